The van der Waals surface area contributed by atoms with Gasteiger partial charge in [-0.05, 0) is 20.8 Å². The third-order valence-corrected chi connectivity index (χ3v) is 3.93. The number of rotatable bonds is 3. The third kappa shape index (κ3) is 3.71. The number of hydrogen-bond acceptors (Lipinski definition) is 2. The molecule has 0 aliphatic carbocycles. The Hall–Kier alpha value is 0.640. The monoisotopic (exact) mass is 291 g/mol. The molecule has 0 aromatic heterocycles. The zero-order valence-corrected chi connectivity index (χ0v) is 9.99. The lowest BCUT2D eigenvalue weighted by Crippen LogP contribution is -2.40. The number of alkyl halides is 1. The minimum atomic E-state index is -3.11. The van der Waals surface area contributed by atoms with Crippen LogP contribution >= 0.6 is 22.6 Å². The summed E-state index contributed by atoms with van der Waals surface area (Å²) in [7, 11) is -3.11. The Morgan fingerprint density at radius 1 is 1.36 bits per heavy atom. The first-order chi connectivity index (χ1) is 4.81. The molecule has 0 radical (unpaired) electrons. The van der Waals surface area contributed by atoms with Gasteiger partial charge in [0.05, 0.1) is 4.75 Å². The van der Waals surface area contributed by atoms with Crippen LogP contribution < -0.4 is 4.72 Å². The SMILES string of the molecule is CC(C)(C)S(=O)(=O)NCCI. The fraction of sp³-hybridized carbons (Fsp3) is 1.00. The minimum absolute atomic E-state index is 0.514. The minimum Gasteiger partial charge on any atom is -0.214 e. The largest absolute Gasteiger partial charge is 0.216 e. The third-order valence-electron chi connectivity index (χ3n) is 1.19. The molecule has 0 fully saturated rings. The molecule has 0 aliphatic rings. The molecule has 0 amide bonds. The van der Waals surface area contributed by atoms with Crippen LogP contribution in [0.15, 0.2) is 0 Å². The lowest BCUT2D eigenvalue weighted by molar-refractivity contribution is 0.548. The van der Waals surface area contributed by atoms with Crippen molar-refractivity contribution >= 4 is 32.6 Å². The quantitative estimate of drug-likeness (QED) is 0.626. The molecule has 0 saturated carbocycles. The van der Waals surface area contributed by atoms with Gasteiger partial charge < -0.3 is 0 Å². The summed E-state index contributed by atoms with van der Waals surface area (Å²) in [6, 6.07) is 0. The predicted molar refractivity (Wildman–Crippen MR) is 55.6 cm³/mol. The van der Waals surface area contributed by atoms with Gasteiger partial charge in [-0.2, -0.15) is 0 Å². The van der Waals surface area contributed by atoms with E-state index >= 15 is 0 Å². The Kier molecular flexibility index (Phi) is 4.28. The highest BCUT2D eigenvalue weighted by molar-refractivity contribution is 14.1. The highest BCUT2D eigenvalue weighted by atomic mass is 127. The number of sulfonamides is 1. The highest BCUT2D eigenvalue weighted by Crippen LogP contribution is 2.12. The molecule has 0 atom stereocenters. The van der Waals surface area contributed by atoms with Crippen LogP contribution in [0, 0.1) is 0 Å². The molecule has 0 rings (SSSR count). The standard InChI is InChI=1S/C6H14INO2S/c1-6(2,3)11(9,10)8-5-4-7/h8H,4-5H2,1-3H3. The van der Waals surface area contributed by atoms with E-state index in [1.54, 1.807) is 20.8 Å². The Morgan fingerprint density at radius 3 is 2.09 bits per heavy atom. The van der Waals surface area contributed by atoms with Crippen molar-refractivity contribution in [2.45, 2.75) is 25.5 Å². The zero-order chi connectivity index (χ0) is 9.12. The average Bonchev–Trinajstić information content (AvgIpc) is 1.81. The van der Waals surface area contributed by atoms with E-state index in [0.717, 1.165) is 4.43 Å². The molecular formula is C6H14INO2S. The van der Waals surface area contributed by atoms with Crippen LogP contribution in [0.3, 0.4) is 0 Å². The second-order valence-electron chi connectivity index (χ2n) is 3.20. The molecule has 5 heteroatoms. The maximum absolute atomic E-state index is 11.3. The summed E-state index contributed by atoms with van der Waals surface area (Å²) in [5.74, 6) is 0. The van der Waals surface area contributed by atoms with Gasteiger partial charge in [-0.15, -0.1) is 0 Å². The van der Waals surface area contributed by atoms with Gasteiger partial charge in [0.1, 0.15) is 0 Å². The highest BCUT2D eigenvalue weighted by Gasteiger charge is 2.27. The molecule has 0 aromatic rings. The molecule has 0 unspecified atom stereocenters. The second-order valence-corrected chi connectivity index (χ2v) is 6.80. The predicted octanol–water partition coefficient (Wildman–Crippen LogP) is 1.14. The van der Waals surface area contributed by atoms with Crippen LogP contribution in [0.2, 0.25) is 0 Å². The first-order valence-corrected chi connectivity index (χ1v) is 6.37. The van der Waals surface area contributed by atoms with E-state index in [9.17, 15) is 8.42 Å². The van der Waals surface area contributed by atoms with Gasteiger partial charge in [0.15, 0.2) is 0 Å². The van der Waals surface area contributed by atoms with Crippen molar-refractivity contribution in [3.05, 3.63) is 0 Å². The fourth-order valence-electron chi connectivity index (χ4n) is 0.389. The molecule has 3 nitrogen and oxygen atoms in total. The summed E-state index contributed by atoms with van der Waals surface area (Å²) in [4.78, 5) is 0. The van der Waals surface area contributed by atoms with Gasteiger partial charge in [-0.25, -0.2) is 13.1 Å². The number of nitrogens with one attached hydrogen (secondary N) is 1. The van der Waals surface area contributed by atoms with Crippen molar-refractivity contribution in [3.8, 4) is 0 Å². The maximum Gasteiger partial charge on any atom is 0.216 e. The van der Waals surface area contributed by atoms with Crippen molar-refractivity contribution in [2.24, 2.45) is 0 Å². The van der Waals surface area contributed by atoms with E-state index in [-0.39, 0.29) is 0 Å². The van der Waals surface area contributed by atoms with Crippen LogP contribution in [-0.2, 0) is 10.0 Å². The van der Waals surface area contributed by atoms with Crippen LogP contribution in [0.1, 0.15) is 20.8 Å². The van der Waals surface area contributed by atoms with Crippen molar-refractivity contribution < 1.29 is 8.42 Å². The van der Waals surface area contributed by atoms with Gasteiger partial charge in [-0.3, -0.25) is 0 Å². The Bertz CT molecular complexity index is 205. The van der Waals surface area contributed by atoms with Gasteiger partial charge in [0, 0.05) is 11.0 Å². The summed E-state index contributed by atoms with van der Waals surface area (Å²) in [6.07, 6.45) is 0. The van der Waals surface area contributed by atoms with Crippen molar-refractivity contribution in [3.63, 3.8) is 0 Å². The topological polar surface area (TPSA) is 46.2 Å². The first-order valence-electron chi connectivity index (χ1n) is 3.36. The first kappa shape index (κ1) is 11.6. The molecule has 0 heterocycles. The molecule has 0 saturated heterocycles. The lowest BCUT2D eigenvalue weighted by Gasteiger charge is -2.18. The summed E-state index contributed by atoms with van der Waals surface area (Å²) in [5, 5.41) is 0. The zero-order valence-electron chi connectivity index (χ0n) is 7.02. The van der Waals surface area contributed by atoms with E-state index in [4.69, 9.17) is 0 Å². The van der Waals surface area contributed by atoms with Crippen molar-refractivity contribution in [1.82, 2.24) is 4.72 Å². The van der Waals surface area contributed by atoms with Crippen LogP contribution in [0.4, 0.5) is 0 Å². The van der Waals surface area contributed by atoms with Gasteiger partial charge in [-0.1, -0.05) is 22.6 Å². The Morgan fingerprint density at radius 2 is 1.82 bits per heavy atom. The number of hydrogen-bond donors (Lipinski definition) is 1. The molecule has 11 heavy (non-hydrogen) atoms. The van der Waals surface area contributed by atoms with E-state index in [0.29, 0.717) is 6.54 Å². The Balaban J connectivity index is 4.26. The van der Waals surface area contributed by atoms with Crippen LogP contribution in [0.5, 0.6) is 0 Å². The van der Waals surface area contributed by atoms with E-state index in [1.807, 2.05) is 0 Å². The molecule has 0 aliphatic heterocycles. The molecule has 68 valence electrons. The van der Waals surface area contributed by atoms with Crippen LogP contribution in [-0.4, -0.2) is 24.1 Å². The van der Waals surface area contributed by atoms with E-state index in [1.165, 1.54) is 0 Å². The normalized spacial score (nSPS) is 13.5. The van der Waals surface area contributed by atoms with Gasteiger partial charge >= 0.3 is 0 Å². The molecule has 0 bridgehead atoms. The van der Waals surface area contributed by atoms with E-state index in [2.05, 4.69) is 27.3 Å². The summed E-state index contributed by atoms with van der Waals surface area (Å²) < 4.78 is 25.2. The molecule has 0 aromatic carbocycles. The van der Waals surface area contributed by atoms with Gasteiger partial charge in [0.25, 0.3) is 0 Å². The molecule has 0 spiro atoms. The fourth-order valence-corrected chi connectivity index (χ4v) is 1.83. The van der Waals surface area contributed by atoms with Crippen molar-refractivity contribution in [1.29, 1.82) is 0 Å². The number of halogens is 1. The molecular weight excluding hydrogens is 277 g/mol. The van der Waals surface area contributed by atoms with Crippen LogP contribution in [0.25, 0.3) is 0 Å². The smallest absolute Gasteiger partial charge is 0.214 e. The lowest BCUT2D eigenvalue weighted by atomic mass is 10.3. The molecule has 1 N–H and O–H groups in total. The van der Waals surface area contributed by atoms with Crippen molar-refractivity contribution in [2.75, 3.05) is 11.0 Å². The summed E-state index contributed by atoms with van der Waals surface area (Å²) in [5.41, 5.74) is 0. The second kappa shape index (κ2) is 4.04. The summed E-state index contributed by atoms with van der Waals surface area (Å²) in [6.45, 7) is 5.56. The Labute approximate surface area is 82.1 Å². The van der Waals surface area contributed by atoms with E-state index < -0.39 is 14.8 Å². The van der Waals surface area contributed by atoms with Gasteiger partial charge in [0.2, 0.25) is 10.0 Å². The maximum atomic E-state index is 11.3. The summed E-state index contributed by atoms with van der Waals surface area (Å²) >= 11 is 2.13. The average molecular weight is 291 g/mol.